The maximum absolute atomic E-state index is 12.4. The van der Waals surface area contributed by atoms with Gasteiger partial charge >= 0.3 is 0 Å². The molecule has 138 valence electrons. The molecule has 2 aromatic carbocycles. The number of aromatic nitrogens is 2. The molecule has 1 fully saturated rings. The van der Waals surface area contributed by atoms with E-state index in [-0.39, 0.29) is 11.8 Å². The molecule has 1 atom stereocenters. The molecule has 5 heteroatoms. The first-order valence-electron chi connectivity index (χ1n) is 9.41. The van der Waals surface area contributed by atoms with Crippen molar-refractivity contribution in [2.45, 2.75) is 32.1 Å². The average molecular weight is 361 g/mol. The molecule has 1 saturated heterocycles. The highest BCUT2D eigenvalue weighted by molar-refractivity contribution is 5.79. The van der Waals surface area contributed by atoms with Crippen molar-refractivity contribution in [2.24, 2.45) is 0 Å². The van der Waals surface area contributed by atoms with Gasteiger partial charge in [0.25, 0.3) is 0 Å². The number of amides is 1. The van der Waals surface area contributed by atoms with Gasteiger partial charge in [-0.05, 0) is 25.3 Å². The second-order valence-corrected chi connectivity index (χ2v) is 7.15. The average Bonchev–Trinajstić information content (AvgIpc) is 3.31. The minimum atomic E-state index is -0.0130. The van der Waals surface area contributed by atoms with Crippen LogP contribution in [0.15, 0.2) is 59.1 Å². The van der Waals surface area contributed by atoms with Gasteiger partial charge in [0.05, 0.1) is 5.92 Å². The predicted octanol–water partition coefficient (Wildman–Crippen LogP) is 3.99. The highest BCUT2D eigenvalue weighted by atomic mass is 16.5. The van der Waals surface area contributed by atoms with E-state index in [2.05, 4.69) is 22.3 Å². The molecule has 2 heterocycles. The molecule has 0 saturated carbocycles. The second kappa shape index (κ2) is 7.74. The van der Waals surface area contributed by atoms with Crippen LogP contribution < -0.4 is 0 Å². The van der Waals surface area contributed by atoms with Crippen LogP contribution in [0.25, 0.3) is 11.4 Å². The molecule has 0 bridgehead atoms. The fraction of sp³-hybridized carbons (Fsp3) is 0.318. The van der Waals surface area contributed by atoms with Crippen molar-refractivity contribution in [1.29, 1.82) is 0 Å². The zero-order valence-electron chi connectivity index (χ0n) is 15.5. The Morgan fingerprint density at radius 2 is 1.89 bits per heavy atom. The molecular weight excluding hydrogens is 338 g/mol. The molecule has 0 radical (unpaired) electrons. The van der Waals surface area contributed by atoms with Gasteiger partial charge in [-0.2, -0.15) is 4.98 Å². The number of carbonyl (C=O) groups is 1. The van der Waals surface area contributed by atoms with E-state index in [1.54, 1.807) is 0 Å². The van der Waals surface area contributed by atoms with Gasteiger partial charge in [-0.3, -0.25) is 4.79 Å². The van der Waals surface area contributed by atoms with Crippen LogP contribution in [0.5, 0.6) is 0 Å². The van der Waals surface area contributed by atoms with E-state index < -0.39 is 0 Å². The van der Waals surface area contributed by atoms with Crippen LogP contribution >= 0.6 is 0 Å². The standard InChI is InChI=1S/C22H23N3O2/c1-16-9-11-18(12-10-16)21-23-22(27-24-21)19-14-20(26)25(15-19)13-5-8-17-6-3-2-4-7-17/h2-4,6-7,9-12,19H,5,8,13-15H2,1H3. The van der Waals surface area contributed by atoms with Crippen molar-refractivity contribution in [2.75, 3.05) is 13.1 Å². The Kier molecular flexibility index (Phi) is 5.01. The minimum absolute atomic E-state index is 0.0130. The molecule has 5 nitrogen and oxygen atoms in total. The van der Waals surface area contributed by atoms with E-state index in [1.165, 1.54) is 11.1 Å². The fourth-order valence-electron chi connectivity index (χ4n) is 3.49. The normalized spacial score (nSPS) is 16.9. The number of nitrogens with zero attached hydrogens (tertiary/aromatic N) is 3. The molecule has 1 amide bonds. The van der Waals surface area contributed by atoms with E-state index >= 15 is 0 Å². The molecule has 3 aromatic rings. The highest BCUT2D eigenvalue weighted by Gasteiger charge is 2.34. The fourth-order valence-corrected chi connectivity index (χ4v) is 3.49. The molecule has 0 spiro atoms. The van der Waals surface area contributed by atoms with E-state index in [4.69, 9.17) is 4.52 Å². The molecule has 0 aliphatic carbocycles. The lowest BCUT2D eigenvalue weighted by Gasteiger charge is -2.15. The number of likely N-dealkylation sites (tertiary alicyclic amines) is 1. The summed E-state index contributed by atoms with van der Waals surface area (Å²) in [7, 11) is 0. The Morgan fingerprint density at radius 3 is 2.67 bits per heavy atom. The number of benzene rings is 2. The summed E-state index contributed by atoms with van der Waals surface area (Å²) in [6, 6.07) is 18.4. The lowest BCUT2D eigenvalue weighted by Crippen LogP contribution is -2.26. The number of hydrogen-bond acceptors (Lipinski definition) is 4. The zero-order chi connectivity index (χ0) is 18.6. The summed E-state index contributed by atoms with van der Waals surface area (Å²) in [4.78, 5) is 18.8. The molecule has 0 N–H and O–H groups in total. The molecular formula is C22H23N3O2. The first-order valence-corrected chi connectivity index (χ1v) is 9.41. The number of carbonyl (C=O) groups excluding carboxylic acids is 1. The van der Waals surface area contributed by atoms with Crippen LogP contribution in [0.2, 0.25) is 0 Å². The van der Waals surface area contributed by atoms with Crippen LogP contribution in [0, 0.1) is 6.92 Å². The van der Waals surface area contributed by atoms with Crippen LogP contribution in [-0.2, 0) is 11.2 Å². The van der Waals surface area contributed by atoms with Gasteiger partial charge in [0.2, 0.25) is 17.6 Å². The van der Waals surface area contributed by atoms with Crippen LogP contribution in [-0.4, -0.2) is 34.0 Å². The van der Waals surface area contributed by atoms with Crippen molar-refractivity contribution in [1.82, 2.24) is 15.0 Å². The SMILES string of the molecule is Cc1ccc(-c2noc(C3CC(=O)N(CCCc4ccccc4)C3)n2)cc1. The lowest BCUT2D eigenvalue weighted by atomic mass is 10.1. The van der Waals surface area contributed by atoms with E-state index in [1.807, 2.05) is 54.3 Å². The van der Waals surface area contributed by atoms with Gasteiger partial charge < -0.3 is 9.42 Å². The van der Waals surface area contributed by atoms with E-state index in [9.17, 15) is 4.79 Å². The number of aryl methyl sites for hydroxylation is 2. The van der Waals surface area contributed by atoms with Crippen molar-refractivity contribution >= 4 is 5.91 Å². The van der Waals surface area contributed by atoms with E-state index in [0.717, 1.165) is 24.9 Å². The van der Waals surface area contributed by atoms with Gasteiger partial charge in [0.15, 0.2) is 0 Å². The van der Waals surface area contributed by atoms with Crippen molar-refractivity contribution < 1.29 is 9.32 Å². The predicted molar refractivity (Wildman–Crippen MR) is 103 cm³/mol. The van der Waals surface area contributed by atoms with Crippen LogP contribution in [0.4, 0.5) is 0 Å². The smallest absolute Gasteiger partial charge is 0.232 e. The Balaban J connectivity index is 1.35. The van der Waals surface area contributed by atoms with Gasteiger partial charge in [0, 0.05) is 25.1 Å². The second-order valence-electron chi connectivity index (χ2n) is 7.15. The van der Waals surface area contributed by atoms with Gasteiger partial charge in [0.1, 0.15) is 0 Å². The highest BCUT2D eigenvalue weighted by Crippen LogP contribution is 2.29. The van der Waals surface area contributed by atoms with Gasteiger partial charge in [-0.25, -0.2) is 0 Å². The third kappa shape index (κ3) is 4.08. The first kappa shape index (κ1) is 17.5. The lowest BCUT2D eigenvalue weighted by molar-refractivity contribution is -0.127. The molecule has 1 aliphatic heterocycles. The molecule has 4 rings (SSSR count). The van der Waals surface area contributed by atoms with Crippen molar-refractivity contribution in [3.05, 3.63) is 71.6 Å². The zero-order valence-corrected chi connectivity index (χ0v) is 15.5. The monoisotopic (exact) mass is 361 g/mol. The quantitative estimate of drug-likeness (QED) is 0.666. The maximum atomic E-state index is 12.4. The first-order chi connectivity index (χ1) is 13.2. The van der Waals surface area contributed by atoms with Crippen LogP contribution in [0.1, 0.15) is 35.8 Å². The summed E-state index contributed by atoms with van der Waals surface area (Å²) in [6.07, 6.45) is 2.38. The Bertz CT molecular complexity index is 903. The molecule has 27 heavy (non-hydrogen) atoms. The Hall–Kier alpha value is -2.95. The summed E-state index contributed by atoms with van der Waals surface area (Å²) in [5.41, 5.74) is 3.43. The van der Waals surface area contributed by atoms with Crippen molar-refractivity contribution in [3.63, 3.8) is 0 Å². The summed E-state index contributed by atoms with van der Waals surface area (Å²) in [5.74, 6) is 1.30. The van der Waals surface area contributed by atoms with Crippen molar-refractivity contribution in [3.8, 4) is 11.4 Å². The van der Waals surface area contributed by atoms with E-state index in [0.29, 0.717) is 24.7 Å². The molecule has 1 unspecified atom stereocenters. The third-order valence-electron chi connectivity index (χ3n) is 5.05. The third-order valence-corrected chi connectivity index (χ3v) is 5.05. The minimum Gasteiger partial charge on any atom is -0.342 e. The maximum Gasteiger partial charge on any atom is 0.232 e. The Morgan fingerprint density at radius 1 is 1.11 bits per heavy atom. The summed E-state index contributed by atoms with van der Waals surface area (Å²) >= 11 is 0. The molecule has 1 aliphatic rings. The van der Waals surface area contributed by atoms with Crippen LogP contribution in [0.3, 0.4) is 0 Å². The number of rotatable bonds is 6. The van der Waals surface area contributed by atoms with Gasteiger partial charge in [-0.1, -0.05) is 65.3 Å². The largest absolute Gasteiger partial charge is 0.342 e. The topological polar surface area (TPSA) is 59.2 Å². The summed E-state index contributed by atoms with van der Waals surface area (Å²) < 4.78 is 5.46. The molecule has 1 aromatic heterocycles. The summed E-state index contributed by atoms with van der Waals surface area (Å²) in [6.45, 7) is 3.47. The van der Waals surface area contributed by atoms with Gasteiger partial charge in [-0.15, -0.1) is 0 Å². The Labute approximate surface area is 159 Å². The number of hydrogen-bond donors (Lipinski definition) is 0. The summed E-state index contributed by atoms with van der Waals surface area (Å²) in [5, 5.41) is 4.10.